The van der Waals surface area contributed by atoms with Gasteiger partial charge in [0.05, 0.1) is 24.6 Å². The Hall–Kier alpha value is -3.28. The molecule has 0 aliphatic carbocycles. The minimum Gasteiger partial charge on any atom is -0.472 e. The van der Waals surface area contributed by atoms with Gasteiger partial charge in [0.2, 0.25) is 5.91 Å². The first-order valence-electron chi connectivity index (χ1n) is 8.37. The van der Waals surface area contributed by atoms with Gasteiger partial charge in [0, 0.05) is 19.5 Å². The molecule has 0 saturated carbocycles. The van der Waals surface area contributed by atoms with Crippen LogP contribution < -0.4 is 5.32 Å². The third-order valence-corrected chi connectivity index (χ3v) is 3.92. The van der Waals surface area contributed by atoms with Crippen LogP contribution in [0.5, 0.6) is 0 Å². The van der Waals surface area contributed by atoms with Crippen LogP contribution in [0, 0.1) is 0 Å². The average Bonchev–Trinajstić information content (AvgIpc) is 3.37. The van der Waals surface area contributed by atoms with E-state index in [1.807, 2.05) is 30.3 Å². The summed E-state index contributed by atoms with van der Waals surface area (Å²) in [6.45, 7) is 1.07. The monoisotopic (exact) mass is 352 g/mol. The van der Waals surface area contributed by atoms with E-state index in [1.165, 1.54) is 12.5 Å². The van der Waals surface area contributed by atoms with Crippen LogP contribution in [0.1, 0.15) is 28.1 Å². The van der Waals surface area contributed by atoms with Crippen molar-refractivity contribution in [1.29, 1.82) is 0 Å². The maximum absolute atomic E-state index is 12.7. The lowest BCUT2D eigenvalue weighted by molar-refractivity contribution is -0.121. The number of hydrogen-bond donors (Lipinski definition) is 1. The molecule has 26 heavy (non-hydrogen) atoms. The fourth-order valence-corrected chi connectivity index (χ4v) is 2.55. The maximum Gasteiger partial charge on any atom is 0.257 e. The maximum atomic E-state index is 12.7. The summed E-state index contributed by atoms with van der Waals surface area (Å²) in [5.74, 6) is 0.384. The summed E-state index contributed by atoms with van der Waals surface area (Å²) in [5.41, 5.74) is 1.47. The molecule has 0 aliphatic rings. The number of rotatable bonds is 8. The lowest BCUT2D eigenvalue weighted by Crippen LogP contribution is -2.34. The smallest absolute Gasteiger partial charge is 0.257 e. The standard InChI is InChI=1S/C20H20N2O4/c23-19(21-13-18-7-4-11-26-18)8-10-22(14-16-5-2-1-3-6-16)20(24)17-9-12-25-15-17/h1-7,9,11-12,15H,8,10,13-14H2,(H,21,23). The summed E-state index contributed by atoms with van der Waals surface area (Å²) in [7, 11) is 0. The predicted molar refractivity (Wildman–Crippen MR) is 95.1 cm³/mol. The lowest BCUT2D eigenvalue weighted by atomic mass is 10.2. The highest BCUT2D eigenvalue weighted by atomic mass is 16.3. The summed E-state index contributed by atoms with van der Waals surface area (Å²) in [6.07, 6.45) is 4.64. The zero-order chi connectivity index (χ0) is 18.2. The normalized spacial score (nSPS) is 10.5. The van der Waals surface area contributed by atoms with Gasteiger partial charge in [0.25, 0.3) is 5.91 Å². The molecule has 0 saturated heterocycles. The third kappa shape index (κ3) is 4.86. The number of hydrogen-bond acceptors (Lipinski definition) is 4. The Morgan fingerprint density at radius 1 is 1.00 bits per heavy atom. The van der Waals surface area contributed by atoms with Gasteiger partial charge in [-0.15, -0.1) is 0 Å². The number of amides is 2. The van der Waals surface area contributed by atoms with Gasteiger partial charge in [0.15, 0.2) is 0 Å². The zero-order valence-electron chi connectivity index (χ0n) is 14.3. The molecule has 1 N–H and O–H groups in total. The van der Waals surface area contributed by atoms with Crippen molar-refractivity contribution >= 4 is 11.8 Å². The van der Waals surface area contributed by atoms with Gasteiger partial charge in [0.1, 0.15) is 12.0 Å². The van der Waals surface area contributed by atoms with Crippen LogP contribution in [0.3, 0.4) is 0 Å². The molecule has 0 radical (unpaired) electrons. The van der Waals surface area contributed by atoms with Gasteiger partial charge in [-0.25, -0.2) is 0 Å². The van der Waals surface area contributed by atoms with Gasteiger partial charge in [-0.1, -0.05) is 30.3 Å². The second-order valence-corrected chi connectivity index (χ2v) is 5.83. The third-order valence-electron chi connectivity index (χ3n) is 3.92. The molecule has 6 heteroatoms. The number of carbonyl (C=O) groups excluding carboxylic acids is 2. The van der Waals surface area contributed by atoms with Crippen molar-refractivity contribution in [1.82, 2.24) is 10.2 Å². The Bertz CT molecular complexity index is 811. The highest BCUT2D eigenvalue weighted by molar-refractivity contribution is 5.94. The van der Waals surface area contributed by atoms with Crippen LogP contribution in [0.15, 0.2) is 76.2 Å². The summed E-state index contributed by atoms with van der Waals surface area (Å²) in [4.78, 5) is 26.4. The van der Waals surface area contributed by atoms with E-state index < -0.39 is 0 Å². The number of carbonyl (C=O) groups is 2. The van der Waals surface area contributed by atoms with Crippen molar-refractivity contribution in [2.75, 3.05) is 6.54 Å². The molecule has 0 aliphatic heterocycles. The Morgan fingerprint density at radius 3 is 2.54 bits per heavy atom. The van der Waals surface area contributed by atoms with Crippen LogP contribution in [-0.2, 0) is 17.9 Å². The van der Waals surface area contributed by atoms with E-state index in [0.717, 1.165) is 5.56 Å². The van der Waals surface area contributed by atoms with E-state index in [2.05, 4.69) is 5.32 Å². The van der Waals surface area contributed by atoms with Gasteiger partial charge in [-0.2, -0.15) is 0 Å². The summed E-state index contributed by atoms with van der Waals surface area (Å²) < 4.78 is 10.2. The minimum atomic E-state index is -0.165. The lowest BCUT2D eigenvalue weighted by Gasteiger charge is -2.22. The molecule has 134 valence electrons. The number of benzene rings is 1. The van der Waals surface area contributed by atoms with Crippen LogP contribution >= 0.6 is 0 Å². The summed E-state index contributed by atoms with van der Waals surface area (Å²) >= 11 is 0. The first-order valence-corrected chi connectivity index (χ1v) is 8.37. The molecule has 0 bridgehead atoms. The van der Waals surface area contributed by atoms with E-state index in [4.69, 9.17) is 8.83 Å². The molecular formula is C20H20N2O4. The Balaban J connectivity index is 1.59. The van der Waals surface area contributed by atoms with Crippen molar-refractivity contribution in [3.8, 4) is 0 Å². The van der Waals surface area contributed by atoms with E-state index in [9.17, 15) is 9.59 Å². The van der Waals surface area contributed by atoms with Gasteiger partial charge < -0.3 is 19.1 Å². The average molecular weight is 352 g/mol. The van der Waals surface area contributed by atoms with Crippen LogP contribution in [0.2, 0.25) is 0 Å². The largest absolute Gasteiger partial charge is 0.472 e. The molecule has 3 rings (SSSR count). The fourth-order valence-electron chi connectivity index (χ4n) is 2.55. The highest BCUT2D eigenvalue weighted by Crippen LogP contribution is 2.11. The van der Waals surface area contributed by atoms with Crippen LogP contribution in [0.4, 0.5) is 0 Å². The number of furan rings is 2. The van der Waals surface area contributed by atoms with Gasteiger partial charge in [-0.05, 0) is 23.8 Å². The van der Waals surface area contributed by atoms with Crippen molar-refractivity contribution in [2.45, 2.75) is 19.5 Å². The van der Waals surface area contributed by atoms with E-state index in [1.54, 1.807) is 29.4 Å². The molecule has 0 spiro atoms. The van der Waals surface area contributed by atoms with E-state index in [-0.39, 0.29) is 18.2 Å². The van der Waals surface area contributed by atoms with E-state index >= 15 is 0 Å². The molecule has 0 fully saturated rings. The fraction of sp³-hybridized carbons (Fsp3) is 0.200. The second-order valence-electron chi connectivity index (χ2n) is 5.83. The first-order chi connectivity index (χ1) is 12.7. The van der Waals surface area contributed by atoms with Gasteiger partial charge in [-0.3, -0.25) is 9.59 Å². The molecular weight excluding hydrogens is 332 g/mol. The Kier molecular flexibility index (Phi) is 5.88. The SMILES string of the molecule is O=C(CCN(Cc1ccccc1)C(=O)c1ccoc1)NCc1ccco1. The molecule has 3 aromatic rings. The molecule has 0 atom stereocenters. The molecule has 0 unspecified atom stereocenters. The highest BCUT2D eigenvalue weighted by Gasteiger charge is 2.18. The van der Waals surface area contributed by atoms with Crippen molar-refractivity contribution in [3.63, 3.8) is 0 Å². The van der Waals surface area contributed by atoms with E-state index in [0.29, 0.717) is 31.0 Å². The molecule has 6 nitrogen and oxygen atoms in total. The number of nitrogens with zero attached hydrogens (tertiary/aromatic N) is 1. The zero-order valence-corrected chi connectivity index (χ0v) is 14.3. The Labute approximate surface area is 151 Å². The summed E-state index contributed by atoms with van der Waals surface area (Å²) in [5, 5.41) is 2.79. The topological polar surface area (TPSA) is 75.7 Å². The number of nitrogens with one attached hydrogen (secondary N) is 1. The van der Waals surface area contributed by atoms with Crippen LogP contribution in [0.25, 0.3) is 0 Å². The Morgan fingerprint density at radius 2 is 1.85 bits per heavy atom. The summed E-state index contributed by atoms with van der Waals surface area (Å²) in [6, 6.07) is 14.9. The molecule has 2 heterocycles. The first kappa shape index (κ1) is 17.5. The minimum absolute atomic E-state index is 0.139. The molecule has 2 amide bonds. The molecule has 1 aromatic carbocycles. The van der Waals surface area contributed by atoms with Crippen LogP contribution in [-0.4, -0.2) is 23.3 Å². The second kappa shape index (κ2) is 8.71. The predicted octanol–water partition coefficient (Wildman–Crippen LogP) is 3.22. The van der Waals surface area contributed by atoms with Gasteiger partial charge >= 0.3 is 0 Å². The van der Waals surface area contributed by atoms with Crippen molar-refractivity contribution in [3.05, 3.63) is 84.2 Å². The quantitative estimate of drug-likeness (QED) is 0.675. The molecule has 2 aromatic heterocycles. The van der Waals surface area contributed by atoms with Crippen molar-refractivity contribution in [2.24, 2.45) is 0 Å². The van der Waals surface area contributed by atoms with Crippen molar-refractivity contribution < 1.29 is 18.4 Å².